The van der Waals surface area contributed by atoms with Gasteiger partial charge in [0.1, 0.15) is 5.69 Å². The summed E-state index contributed by atoms with van der Waals surface area (Å²) >= 11 is 1.26. The molecule has 0 atom stereocenters. The Labute approximate surface area is 150 Å². The number of carbonyl (C=O) groups excluding carboxylic acids is 2. The highest BCUT2D eigenvalue weighted by atomic mass is 32.1. The van der Waals surface area contributed by atoms with Crippen molar-refractivity contribution in [2.75, 3.05) is 18.5 Å². The van der Waals surface area contributed by atoms with E-state index in [-0.39, 0.29) is 30.0 Å². The van der Waals surface area contributed by atoms with Crippen LogP contribution in [0.4, 0.5) is 5.13 Å². The lowest BCUT2D eigenvalue weighted by Crippen LogP contribution is -2.27. The summed E-state index contributed by atoms with van der Waals surface area (Å²) in [7, 11) is 0. The summed E-state index contributed by atoms with van der Waals surface area (Å²) in [6.07, 6.45) is 5.44. The summed E-state index contributed by atoms with van der Waals surface area (Å²) in [6.45, 7) is 5.13. The predicted octanol–water partition coefficient (Wildman–Crippen LogP) is 1.66. The zero-order valence-electron chi connectivity index (χ0n) is 14.2. The van der Waals surface area contributed by atoms with Crippen LogP contribution in [0.2, 0.25) is 0 Å². The summed E-state index contributed by atoms with van der Waals surface area (Å²) in [6, 6.07) is 0. The van der Waals surface area contributed by atoms with E-state index in [1.807, 2.05) is 13.8 Å². The van der Waals surface area contributed by atoms with Gasteiger partial charge >= 0.3 is 0 Å². The average Bonchev–Trinajstić information content (AvgIpc) is 3.01. The van der Waals surface area contributed by atoms with Crippen molar-refractivity contribution in [2.24, 2.45) is 0 Å². The van der Waals surface area contributed by atoms with Crippen LogP contribution in [-0.2, 0) is 16.0 Å². The van der Waals surface area contributed by atoms with E-state index in [0.29, 0.717) is 24.0 Å². The van der Waals surface area contributed by atoms with E-state index in [2.05, 4.69) is 25.6 Å². The lowest BCUT2D eigenvalue weighted by Gasteiger charge is -2.07. The van der Waals surface area contributed by atoms with Crippen molar-refractivity contribution in [2.45, 2.75) is 32.8 Å². The SMILES string of the molecule is CC(C)OCCCNC(=O)Cc1csc(NC(=O)c2cnccn2)n1. The summed E-state index contributed by atoms with van der Waals surface area (Å²) in [4.78, 5) is 35.8. The number of ether oxygens (including phenoxy) is 1. The first-order chi connectivity index (χ1) is 12.0. The van der Waals surface area contributed by atoms with Crippen LogP contribution in [-0.4, -0.2) is 46.0 Å². The largest absolute Gasteiger partial charge is 0.379 e. The standard InChI is InChI=1S/C16H21N5O3S/c1-11(2)24-7-3-4-19-14(22)8-12-10-25-16(20-12)21-15(23)13-9-17-5-6-18-13/h5-6,9-11H,3-4,7-8H2,1-2H3,(H,19,22)(H,20,21,23). The highest BCUT2D eigenvalue weighted by molar-refractivity contribution is 7.14. The second-order valence-corrected chi connectivity index (χ2v) is 6.35. The highest BCUT2D eigenvalue weighted by Crippen LogP contribution is 2.16. The number of rotatable bonds is 9. The molecule has 2 aromatic heterocycles. The van der Waals surface area contributed by atoms with E-state index in [0.717, 1.165) is 6.42 Å². The van der Waals surface area contributed by atoms with Gasteiger partial charge in [0.15, 0.2) is 5.13 Å². The van der Waals surface area contributed by atoms with Crippen LogP contribution in [0.25, 0.3) is 0 Å². The van der Waals surface area contributed by atoms with Gasteiger partial charge < -0.3 is 10.1 Å². The lowest BCUT2D eigenvalue weighted by atomic mass is 10.3. The molecule has 134 valence electrons. The molecule has 2 heterocycles. The quantitative estimate of drug-likeness (QED) is 0.656. The summed E-state index contributed by atoms with van der Waals surface area (Å²) in [5.74, 6) is -0.495. The smallest absolute Gasteiger partial charge is 0.277 e. The third-order valence-corrected chi connectivity index (χ3v) is 3.81. The van der Waals surface area contributed by atoms with Crippen molar-refractivity contribution in [3.05, 3.63) is 35.4 Å². The first-order valence-electron chi connectivity index (χ1n) is 7.94. The van der Waals surface area contributed by atoms with Crippen molar-refractivity contribution in [1.82, 2.24) is 20.3 Å². The molecule has 2 rings (SSSR count). The van der Waals surface area contributed by atoms with Gasteiger partial charge in [0.25, 0.3) is 5.91 Å². The Balaban J connectivity index is 1.73. The van der Waals surface area contributed by atoms with Crippen LogP contribution in [0.15, 0.2) is 24.0 Å². The Hall–Kier alpha value is -2.39. The summed E-state index contributed by atoms with van der Waals surface area (Å²) in [5, 5.41) is 7.62. The number of aromatic nitrogens is 3. The minimum Gasteiger partial charge on any atom is -0.379 e. The molecule has 8 nitrogen and oxygen atoms in total. The number of carbonyl (C=O) groups is 2. The predicted molar refractivity (Wildman–Crippen MR) is 94.5 cm³/mol. The molecule has 2 aromatic rings. The number of anilines is 1. The van der Waals surface area contributed by atoms with Gasteiger partial charge in [-0.15, -0.1) is 11.3 Å². The second-order valence-electron chi connectivity index (χ2n) is 5.49. The fourth-order valence-electron chi connectivity index (χ4n) is 1.87. The Morgan fingerprint density at radius 3 is 2.88 bits per heavy atom. The fraction of sp³-hybridized carbons (Fsp3) is 0.438. The number of amides is 2. The molecule has 2 amide bonds. The van der Waals surface area contributed by atoms with E-state index < -0.39 is 0 Å². The number of nitrogens with zero attached hydrogens (tertiary/aromatic N) is 3. The highest BCUT2D eigenvalue weighted by Gasteiger charge is 2.12. The Bertz CT molecular complexity index is 690. The number of nitrogens with one attached hydrogen (secondary N) is 2. The molecule has 0 aliphatic carbocycles. The third kappa shape index (κ3) is 6.94. The van der Waals surface area contributed by atoms with Crippen molar-refractivity contribution < 1.29 is 14.3 Å². The van der Waals surface area contributed by atoms with Crippen molar-refractivity contribution in [3.63, 3.8) is 0 Å². The summed E-state index contributed by atoms with van der Waals surface area (Å²) < 4.78 is 5.41. The fourth-order valence-corrected chi connectivity index (χ4v) is 2.57. The van der Waals surface area contributed by atoms with Gasteiger partial charge in [0, 0.05) is 30.9 Å². The molecule has 9 heteroatoms. The van der Waals surface area contributed by atoms with Gasteiger partial charge in [-0.2, -0.15) is 0 Å². The topological polar surface area (TPSA) is 106 Å². The Morgan fingerprint density at radius 1 is 1.32 bits per heavy atom. The Kier molecular flexibility index (Phi) is 7.42. The van der Waals surface area contributed by atoms with Crippen molar-refractivity contribution >= 4 is 28.3 Å². The molecule has 0 radical (unpaired) electrons. The molecule has 0 aliphatic heterocycles. The Morgan fingerprint density at radius 2 is 2.16 bits per heavy atom. The zero-order chi connectivity index (χ0) is 18.1. The molecule has 0 fully saturated rings. The molecule has 2 N–H and O–H groups in total. The van der Waals surface area contributed by atoms with Crippen LogP contribution in [0.5, 0.6) is 0 Å². The van der Waals surface area contributed by atoms with Crippen LogP contribution < -0.4 is 10.6 Å². The monoisotopic (exact) mass is 363 g/mol. The van der Waals surface area contributed by atoms with Crippen molar-refractivity contribution in [3.8, 4) is 0 Å². The van der Waals surface area contributed by atoms with Crippen LogP contribution >= 0.6 is 11.3 Å². The second kappa shape index (κ2) is 9.80. The molecular weight excluding hydrogens is 342 g/mol. The minimum atomic E-state index is -0.386. The van der Waals surface area contributed by atoms with E-state index >= 15 is 0 Å². The maximum atomic E-state index is 12.0. The number of hydrogen-bond donors (Lipinski definition) is 2. The van der Waals surface area contributed by atoms with Crippen LogP contribution in [0.3, 0.4) is 0 Å². The summed E-state index contributed by atoms with van der Waals surface area (Å²) in [5.41, 5.74) is 0.816. The lowest BCUT2D eigenvalue weighted by molar-refractivity contribution is -0.120. The van der Waals surface area contributed by atoms with Gasteiger partial charge in [0.05, 0.1) is 24.4 Å². The molecule has 0 unspecified atom stereocenters. The van der Waals surface area contributed by atoms with E-state index in [1.165, 1.54) is 29.9 Å². The zero-order valence-corrected chi connectivity index (χ0v) is 15.0. The van der Waals surface area contributed by atoms with E-state index in [4.69, 9.17) is 4.74 Å². The first kappa shape index (κ1) is 18.9. The molecular formula is C16H21N5O3S. The molecule has 0 aromatic carbocycles. The van der Waals surface area contributed by atoms with Crippen LogP contribution in [0.1, 0.15) is 36.5 Å². The molecule has 0 saturated heterocycles. The third-order valence-electron chi connectivity index (χ3n) is 3.00. The molecule has 0 bridgehead atoms. The maximum absolute atomic E-state index is 12.0. The van der Waals surface area contributed by atoms with Gasteiger partial charge in [0.2, 0.25) is 5.91 Å². The molecule has 25 heavy (non-hydrogen) atoms. The molecule has 0 saturated carbocycles. The van der Waals surface area contributed by atoms with E-state index in [1.54, 1.807) is 5.38 Å². The van der Waals surface area contributed by atoms with Gasteiger partial charge in [-0.3, -0.25) is 19.9 Å². The van der Waals surface area contributed by atoms with Gasteiger partial charge in [-0.1, -0.05) is 0 Å². The minimum absolute atomic E-state index is 0.110. The number of hydrogen-bond acceptors (Lipinski definition) is 7. The number of thiazole rings is 1. The molecule has 0 aliphatic rings. The maximum Gasteiger partial charge on any atom is 0.277 e. The van der Waals surface area contributed by atoms with Crippen LogP contribution in [0, 0.1) is 0 Å². The van der Waals surface area contributed by atoms with Gasteiger partial charge in [-0.05, 0) is 20.3 Å². The average molecular weight is 363 g/mol. The van der Waals surface area contributed by atoms with Gasteiger partial charge in [-0.25, -0.2) is 9.97 Å². The first-order valence-corrected chi connectivity index (χ1v) is 8.82. The molecule has 0 spiro atoms. The van der Waals surface area contributed by atoms with Crippen molar-refractivity contribution in [1.29, 1.82) is 0 Å². The van der Waals surface area contributed by atoms with E-state index in [9.17, 15) is 9.59 Å². The normalized spacial score (nSPS) is 10.7.